The Balaban J connectivity index is -0.00000169. The van der Waals surface area contributed by atoms with E-state index >= 15 is 0 Å². The molecule has 0 radical (unpaired) electrons. The molecule has 0 spiro atoms. The Labute approximate surface area is 208 Å². The number of carbonyl (C=O) groups is 2. The van der Waals surface area contributed by atoms with Crippen LogP contribution < -0.4 is 59.1 Å². The van der Waals surface area contributed by atoms with Crippen molar-refractivity contribution in [3.8, 4) is 0 Å². The maximum atomic E-state index is 11.5. The molecule has 5 nitrogen and oxygen atoms in total. The molecule has 0 saturated carbocycles. The Hall–Kier alpha value is -0.300. The van der Waals surface area contributed by atoms with Crippen LogP contribution in [0, 0.1) is 6.92 Å². The van der Waals surface area contributed by atoms with Gasteiger partial charge in [0.15, 0.2) is 0 Å². The van der Waals surface area contributed by atoms with Crippen molar-refractivity contribution in [1.29, 1.82) is 0 Å². The predicted molar refractivity (Wildman–Crippen MR) is 101 cm³/mol. The molecule has 27 heavy (non-hydrogen) atoms. The number of aryl methyl sites for hydroxylation is 3. The number of carboxylic acids is 2. The molecule has 0 bridgehead atoms. The smallest absolute Gasteiger partial charge is 1.00 e. The number of aromatic carboxylic acids is 1. The third-order valence-corrected chi connectivity index (χ3v) is 4.79. The summed E-state index contributed by atoms with van der Waals surface area (Å²) in [5.74, 6) is -1.74. The molecule has 1 aromatic heterocycles. The van der Waals surface area contributed by atoms with Crippen molar-refractivity contribution >= 4 is 22.8 Å². The number of rotatable bonds is 9. The van der Waals surface area contributed by atoms with Crippen molar-refractivity contribution in [3.63, 3.8) is 0 Å². The van der Waals surface area contributed by atoms with Crippen LogP contribution in [0.3, 0.4) is 0 Å². The number of carboxylic acid groups (broad SMARTS) is 2. The second kappa shape index (κ2) is 12.3. The van der Waals surface area contributed by atoms with Crippen LogP contribution >= 0.6 is 0 Å². The molecule has 0 aliphatic carbocycles. The third kappa shape index (κ3) is 6.34. The molecule has 0 atom stereocenters. The van der Waals surface area contributed by atoms with Gasteiger partial charge in [0.25, 0.3) is 0 Å². The van der Waals surface area contributed by atoms with Crippen LogP contribution in [0.15, 0.2) is 12.1 Å². The molecule has 2 N–H and O–H groups in total. The van der Waals surface area contributed by atoms with Crippen molar-refractivity contribution in [1.82, 2.24) is 4.57 Å². The van der Waals surface area contributed by atoms with Crippen LogP contribution in [0.5, 0.6) is 0 Å². The fraction of sp³-hybridized carbons (Fsp3) is 0.500. The van der Waals surface area contributed by atoms with E-state index in [0.29, 0.717) is 17.5 Å². The minimum Gasteiger partial charge on any atom is -1.00 e. The number of hydrogen-bond donors (Lipinski definition) is 2. The standard InChI is InChI=1S/C20H27NO4.2Na.2H/c1-4-6-7-8-17-14(9-10-19(22)23)16-11-13(3)15(20(24)25)12-18(16)21(17)5-2;;;;/h11-12H,4-10H2,1-3H3,(H,22,23)(H,24,25);;;;/q;2*+1;2*-1. The summed E-state index contributed by atoms with van der Waals surface area (Å²) in [6, 6.07) is 3.65. The zero-order valence-electron chi connectivity index (χ0n) is 19.3. The Morgan fingerprint density at radius 2 is 1.74 bits per heavy atom. The summed E-state index contributed by atoms with van der Waals surface area (Å²) in [5.41, 5.74) is 4.15. The molecule has 0 aliphatic heterocycles. The van der Waals surface area contributed by atoms with Crippen LogP contribution in [0.25, 0.3) is 10.9 Å². The number of unbranched alkanes of at least 4 members (excludes halogenated alkanes) is 2. The van der Waals surface area contributed by atoms with Crippen LogP contribution in [0.1, 0.15) is 69.6 Å². The molecule has 0 amide bonds. The summed E-state index contributed by atoms with van der Waals surface area (Å²) in [4.78, 5) is 22.6. The molecular formula is C20H29NNa2O4. The number of fused-ring (bicyclic) bond motifs is 1. The zero-order valence-corrected chi connectivity index (χ0v) is 21.3. The average molecular weight is 393 g/mol. The number of nitrogens with zero attached hydrogens (tertiary/aromatic N) is 1. The summed E-state index contributed by atoms with van der Waals surface area (Å²) >= 11 is 0. The Bertz CT molecular complexity index is 810. The molecule has 2 rings (SSSR count). The first-order valence-electron chi connectivity index (χ1n) is 9.00. The van der Waals surface area contributed by atoms with Gasteiger partial charge in [-0.2, -0.15) is 0 Å². The van der Waals surface area contributed by atoms with Crippen molar-refractivity contribution in [3.05, 3.63) is 34.5 Å². The van der Waals surface area contributed by atoms with Crippen molar-refractivity contribution < 1.29 is 81.8 Å². The first kappa shape index (κ1) is 26.7. The largest absolute Gasteiger partial charge is 1.00 e. The molecular weight excluding hydrogens is 364 g/mol. The molecule has 1 heterocycles. The molecule has 0 fully saturated rings. The van der Waals surface area contributed by atoms with E-state index in [-0.39, 0.29) is 68.4 Å². The van der Waals surface area contributed by atoms with Gasteiger partial charge in [-0.15, -0.1) is 0 Å². The van der Waals surface area contributed by atoms with Crippen LogP contribution in [-0.4, -0.2) is 26.7 Å². The number of aliphatic carboxylic acids is 1. The molecule has 7 heteroatoms. The minimum atomic E-state index is -0.928. The topological polar surface area (TPSA) is 79.5 Å². The SMILES string of the molecule is CCCCCc1c(CCC(=O)O)c2cc(C)c(C(=O)O)cc2n1CC.[H-].[H-].[Na+].[Na+]. The van der Waals surface area contributed by atoms with Crippen molar-refractivity contribution in [2.75, 3.05) is 0 Å². The van der Waals surface area contributed by atoms with Crippen molar-refractivity contribution in [2.24, 2.45) is 0 Å². The van der Waals surface area contributed by atoms with Gasteiger partial charge in [-0.3, -0.25) is 4.79 Å². The summed E-state index contributed by atoms with van der Waals surface area (Å²) in [7, 11) is 0. The molecule has 0 aliphatic rings. The van der Waals surface area contributed by atoms with Gasteiger partial charge in [-0.25, -0.2) is 4.79 Å². The average Bonchev–Trinajstić information content (AvgIpc) is 2.84. The van der Waals surface area contributed by atoms with Crippen LogP contribution in [-0.2, 0) is 24.2 Å². The predicted octanol–water partition coefficient (Wildman–Crippen LogP) is -1.35. The normalized spacial score (nSPS) is 10.3. The van der Waals surface area contributed by atoms with Gasteiger partial charge in [0.05, 0.1) is 5.56 Å². The summed E-state index contributed by atoms with van der Waals surface area (Å²) in [5, 5.41) is 19.5. The van der Waals surface area contributed by atoms with E-state index in [0.717, 1.165) is 54.4 Å². The third-order valence-electron chi connectivity index (χ3n) is 4.79. The Morgan fingerprint density at radius 1 is 1.07 bits per heavy atom. The zero-order chi connectivity index (χ0) is 18.6. The summed E-state index contributed by atoms with van der Waals surface area (Å²) < 4.78 is 2.16. The summed E-state index contributed by atoms with van der Waals surface area (Å²) in [6.07, 6.45) is 4.77. The van der Waals surface area contributed by atoms with Gasteiger partial charge in [0, 0.05) is 29.6 Å². The first-order chi connectivity index (χ1) is 11.9. The van der Waals surface area contributed by atoms with Crippen LogP contribution in [0.2, 0.25) is 0 Å². The van der Waals surface area contributed by atoms with Gasteiger partial charge >= 0.3 is 71.1 Å². The second-order valence-corrected chi connectivity index (χ2v) is 6.51. The van der Waals surface area contributed by atoms with E-state index < -0.39 is 11.9 Å². The van der Waals surface area contributed by atoms with Gasteiger partial charge < -0.3 is 17.6 Å². The van der Waals surface area contributed by atoms with Gasteiger partial charge in [0.1, 0.15) is 0 Å². The second-order valence-electron chi connectivity index (χ2n) is 6.51. The number of hydrogen-bond acceptors (Lipinski definition) is 2. The quantitative estimate of drug-likeness (QED) is 0.408. The van der Waals surface area contributed by atoms with E-state index in [2.05, 4.69) is 11.5 Å². The van der Waals surface area contributed by atoms with E-state index in [1.807, 2.05) is 13.0 Å². The van der Waals surface area contributed by atoms with Crippen LogP contribution in [0.4, 0.5) is 0 Å². The molecule has 0 saturated heterocycles. The van der Waals surface area contributed by atoms with E-state index in [1.54, 1.807) is 13.0 Å². The van der Waals surface area contributed by atoms with Gasteiger partial charge in [-0.05, 0) is 56.4 Å². The fourth-order valence-electron chi connectivity index (χ4n) is 3.56. The van der Waals surface area contributed by atoms with Crippen molar-refractivity contribution in [2.45, 2.75) is 65.8 Å². The molecule has 0 unspecified atom stereocenters. The maximum absolute atomic E-state index is 11.5. The fourth-order valence-corrected chi connectivity index (χ4v) is 3.56. The van der Waals surface area contributed by atoms with Gasteiger partial charge in [0.2, 0.25) is 0 Å². The van der Waals surface area contributed by atoms with Gasteiger partial charge in [-0.1, -0.05) is 19.8 Å². The van der Waals surface area contributed by atoms with E-state index in [1.165, 1.54) is 0 Å². The number of benzene rings is 1. The van der Waals surface area contributed by atoms with E-state index in [9.17, 15) is 14.7 Å². The maximum Gasteiger partial charge on any atom is 1.00 e. The molecule has 140 valence electrons. The van der Waals surface area contributed by atoms with E-state index in [4.69, 9.17) is 5.11 Å². The monoisotopic (exact) mass is 393 g/mol. The Morgan fingerprint density at radius 3 is 2.26 bits per heavy atom. The minimum absolute atomic E-state index is 0. The number of aromatic nitrogens is 1. The first-order valence-corrected chi connectivity index (χ1v) is 9.00. The molecule has 2 aromatic rings. The molecule has 1 aromatic carbocycles. The Kier molecular flexibility index (Phi) is 12.2. The summed E-state index contributed by atoms with van der Waals surface area (Å²) in [6.45, 7) is 6.74.